The summed E-state index contributed by atoms with van der Waals surface area (Å²) in [7, 11) is 0. The van der Waals surface area contributed by atoms with E-state index in [1.165, 1.54) is 12.1 Å². The SMILES string of the molecule is CC1CCN(C(=O)CNc2ccc(F)cc2)CC1. The van der Waals surface area contributed by atoms with Gasteiger partial charge in [0.25, 0.3) is 0 Å². The number of carbonyl (C=O) groups excluding carboxylic acids is 1. The molecule has 1 fully saturated rings. The molecule has 18 heavy (non-hydrogen) atoms. The monoisotopic (exact) mass is 250 g/mol. The van der Waals surface area contributed by atoms with Crippen molar-refractivity contribution < 1.29 is 9.18 Å². The molecule has 1 saturated heterocycles. The minimum absolute atomic E-state index is 0.117. The van der Waals surface area contributed by atoms with Crippen LogP contribution < -0.4 is 5.32 Å². The zero-order chi connectivity index (χ0) is 13.0. The summed E-state index contributed by atoms with van der Waals surface area (Å²) < 4.78 is 12.7. The fraction of sp³-hybridized carbons (Fsp3) is 0.500. The van der Waals surface area contributed by atoms with Gasteiger partial charge in [0.05, 0.1) is 6.54 Å². The first-order valence-electron chi connectivity index (χ1n) is 6.42. The molecule has 0 radical (unpaired) electrons. The predicted molar refractivity (Wildman–Crippen MR) is 69.9 cm³/mol. The maximum Gasteiger partial charge on any atom is 0.241 e. The van der Waals surface area contributed by atoms with Crippen molar-refractivity contribution >= 4 is 11.6 Å². The van der Waals surface area contributed by atoms with Gasteiger partial charge in [-0.2, -0.15) is 0 Å². The Kier molecular flexibility index (Phi) is 4.18. The van der Waals surface area contributed by atoms with Crippen LogP contribution in [0.3, 0.4) is 0 Å². The van der Waals surface area contributed by atoms with Gasteiger partial charge >= 0.3 is 0 Å². The molecule has 98 valence electrons. The van der Waals surface area contributed by atoms with E-state index in [1.807, 2.05) is 4.90 Å². The predicted octanol–water partition coefficient (Wildman–Crippen LogP) is 2.50. The van der Waals surface area contributed by atoms with Crippen molar-refractivity contribution in [1.29, 1.82) is 0 Å². The molecule has 0 saturated carbocycles. The minimum Gasteiger partial charge on any atom is -0.376 e. The van der Waals surface area contributed by atoms with Crippen LogP contribution in [0, 0.1) is 11.7 Å². The third kappa shape index (κ3) is 3.45. The van der Waals surface area contributed by atoms with Crippen LogP contribution in [0.4, 0.5) is 10.1 Å². The van der Waals surface area contributed by atoms with Gasteiger partial charge < -0.3 is 10.2 Å². The van der Waals surface area contributed by atoms with Gasteiger partial charge in [-0.25, -0.2) is 4.39 Å². The number of amides is 1. The summed E-state index contributed by atoms with van der Waals surface area (Å²) in [6.45, 7) is 4.20. The third-order valence-corrected chi connectivity index (χ3v) is 3.42. The summed E-state index contributed by atoms with van der Waals surface area (Å²) in [5.41, 5.74) is 0.773. The second kappa shape index (κ2) is 5.85. The quantitative estimate of drug-likeness (QED) is 0.894. The number of halogens is 1. The number of carbonyl (C=O) groups is 1. The van der Waals surface area contributed by atoms with Crippen molar-refractivity contribution in [2.45, 2.75) is 19.8 Å². The molecule has 3 nitrogen and oxygen atoms in total. The lowest BCUT2D eigenvalue weighted by Gasteiger charge is -2.30. The van der Waals surface area contributed by atoms with Gasteiger partial charge in [0.2, 0.25) is 5.91 Å². The van der Waals surface area contributed by atoms with E-state index >= 15 is 0 Å². The Morgan fingerprint density at radius 1 is 1.33 bits per heavy atom. The van der Waals surface area contributed by atoms with Gasteiger partial charge in [0.15, 0.2) is 0 Å². The number of nitrogens with one attached hydrogen (secondary N) is 1. The van der Waals surface area contributed by atoms with Crippen molar-refractivity contribution in [2.24, 2.45) is 5.92 Å². The number of piperidine rings is 1. The molecule has 1 N–H and O–H groups in total. The van der Waals surface area contributed by atoms with Crippen molar-refractivity contribution in [3.63, 3.8) is 0 Å². The molecular weight excluding hydrogens is 231 g/mol. The molecule has 0 atom stereocenters. The Morgan fingerprint density at radius 3 is 2.56 bits per heavy atom. The van der Waals surface area contributed by atoms with Crippen molar-refractivity contribution in [2.75, 3.05) is 25.0 Å². The number of benzene rings is 1. The van der Waals surface area contributed by atoms with E-state index in [0.717, 1.165) is 37.5 Å². The molecule has 0 unspecified atom stereocenters. The Morgan fingerprint density at radius 2 is 1.94 bits per heavy atom. The number of nitrogens with zero attached hydrogens (tertiary/aromatic N) is 1. The van der Waals surface area contributed by atoms with Gasteiger partial charge in [0.1, 0.15) is 5.82 Å². The molecule has 1 heterocycles. The first-order chi connectivity index (χ1) is 8.65. The molecule has 1 aliphatic rings. The van der Waals surface area contributed by atoms with Crippen LogP contribution in [-0.4, -0.2) is 30.4 Å². The van der Waals surface area contributed by atoms with Crippen molar-refractivity contribution in [1.82, 2.24) is 4.90 Å². The molecule has 0 aliphatic carbocycles. The standard InChI is InChI=1S/C14H19FN2O/c1-11-6-8-17(9-7-11)14(18)10-16-13-4-2-12(15)3-5-13/h2-5,11,16H,6-10H2,1H3. The van der Waals surface area contributed by atoms with E-state index < -0.39 is 0 Å². The molecule has 1 aliphatic heterocycles. The highest BCUT2D eigenvalue weighted by molar-refractivity contribution is 5.80. The number of hydrogen-bond acceptors (Lipinski definition) is 2. The van der Waals surface area contributed by atoms with Crippen LogP contribution in [-0.2, 0) is 4.79 Å². The topological polar surface area (TPSA) is 32.3 Å². The summed E-state index contributed by atoms with van der Waals surface area (Å²) in [6.07, 6.45) is 2.17. The summed E-state index contributed by atoms with van der Waals surface area (Å²) in [5, 5.41) is 3.02. The summed E-state index contributed by atoms with van der Waals surface area (Å²) in [4.78, 5) is 13.8. The van der Waals surface area contributed by atoms with Crippen LogP contribution in [0.25, 0.3) is 0 Å². The maximum atomic E-state index is 12.7. The molecule has 4 heteroatoms. The molecule has 1 aromatic carbocycles. The van der Waals surface area contributed by atoms with Crippen LogP contribution in [0.1, 0.15) is 19.8 Å². The Bertz CT molecular complexity index is 397. The lowest BCUT2D eigenvalue weighted by molar-refractivity contribution is -0.130. The average Bonchev–Trinajstić information content (AvgIpc) is 2.38. The van der Waals surface area contributed by atoms with E-state index in [0.29, 0.717) is 0 Å². The second-order valence-corrected chi connectivity index (χ2v) is 4.92. The van der Waals surface area contributed by atoms with E-state index in [1.54, 1.807) is 12.1 Å². The normalized spacial score (nSPS) is 16.7. The molecular formula is C14H19FN2O. The van der Waals surface area contributed by atoms with E-state index in [-0.39, 0.29) is 18.3 Å². The van der Waals surface area contributed by atoms with Crippen LogP contribution in [0.15, 0.2) is 24.3 Å². The minimum atomic E-state index is -0.267. The third-order valence-electron chi connectivity index (χ3n) is 3.42. The number of likely N-dealkylation sites (tertiary alicyclic amines) is 1. The van der Waals surface area contributed by atoms with E-state index in [9.17, 15) is 9.18 Å². The fourth-order valence-electron chi connectivity index (χ4n) is 2.12. The first-order valence-corrected chi connectivity index (χ1v) is 6.42. The lowest BCUT2D eigenvalue weighted by atomic mass is 9.99. The second-order valence-electron chi connectivity index (χ2n) is 4.92. The summed E-state index contributed by atoms with van der Waals surface area (Å²) in [5.74, 6) is 0.572. The van der Waals surface area contributed by atoms with Gasteiger partial charge in [0, 0.05) is 18.8 Å². The Labute approximate surface area is 107 Å². The van der Waals surface area contributed by atoms with E-state index in [4.69, 9.17) is 0 Å². The molecule has 0 aromatic heterocycles. The molecule has 2 rings (SSSR count). The maximum absolute atomic E-state index is 12.7. The highest BCUT2D eigenvalue weighted by Crippen LogP contribution is 2.16. The zero-order valence-electron chi connectivity index (χ0n) is 10.7. The van der Waals surface area contributed by atoms with Gasteiger partial charge in [-0.05, 0) is 43.0 Å². The Hall–Kier alpha value is -1.58. The van der Waals surface area contributed by atoms with Crippen molar-refractivity contribution in [3.05, 3.63) is 30.1 Å². The molecule has 0 spiro atoms. The van der Waals surface area contributed by atoms with Gasteiger partial charge in [-0.1, -0.05) is 6.92 Å². The highest BCUT2D eigenvalue weighted by Gasteiger charge is 2.19. The van der Waals surface area contributed by atoms with Crippen LogP contribution >= 0.6 is 0 Å². The smallest absolute Gasteiger partial charge is 0.241 e. The fourth-order valence-corrected chi connectivity index (χ4v) is 2.12. The number of anilines is 1. The Balaban J connectivity index is 1.79. The van der Waals surface area contributed by atoms with E-state index in [2.05, 4.69) is 12.2 Å². The molecule has 1 amide bonds. The molecule has 1 aromatic rings. The number of rotatable bonds is 3. The first kappa shape index (κ1) is 12.9. The number of hydrogen-bond donors (Lipinski definition) is 1. The van der Waals surface area contributed by atoms with Crippen LogP contribution in [0.5, 0.6) is 0 Å². The average molecular weight is 250 g/mol. The van der Waals surface area contributed by atoms with Crippen LogP contribution in [0.2, 0.25) is 0 Å². The van der Waals surface area contributed by atoms with Gasteiger partial charge in [-0.15, -0.1) is 0 Å². The highest BCUT2D eigenvalue weighted by atomic mass is 19.1. The lowest BCUT2D eigenvalue weighted by Crippen LogP contribution is -2.40. The zero-order valence-corrected chi connectivity index (χ0v) is 10.7. The summed E-state index contributed by atoms with van der Waals surface area (Å²) >= 11 is 0. The summed E-state index contributed by atoms with van der Waals surface area (Å²) in [6, 6.07) is 6.05. The molecule has 0 bridgehead atoms. The van der Waals surface area contributed by atoms with Crippen molar-refractivity contribution in [3.8, 4) is 0 Å². The van der Waals surface area contributed by atoms with Gasteiger partial charge in [-0.3, -0.25) is 4.79 Å². The largest absolute Gasteiger partial charge is 0.376 e.